The maximum atomic E-state index is 10.4. The fourth-order valence-corrected chi connectivity index (χ4v) is 1.84. The molecule has 1 aliphatic carbocycles. The Kier molecular flexibility index (Phi) is 3.11. The van der Waals surface area contributed by atoms with Gasteiger partial charge in [0, 0.05) is 0 Å². The third-order valence-electron chi connectivity index (χ3n) is 2.61. The van der Waals surface area contributed by atoms with Crippen molar-refractivity contribution in [2.24, 2.45) is 5.92 Å². The Labute approximate surface area is 97.0 Å². The number of hydrogen-bond acceptors (Lipinski definition) is 4. The van der Waals surface area contributed by atoms with E-state index in [2.05, 4.69) is 4.98 Å². The minimum Gasteiger partial charge on any atom is -0.391 e. The van der Waals surface area contributed by atoms with Crippen molar-refractivity contribution in [1.29, 1.82) is 0 Å². The van der Waals surface area contributed by atoms with E-state index in [-0.39, 0.29) is 17.6 Å². The molecule has 0 amide bonds. The molecule has 0 spiro atoms. The Balaban J connectivity index is 1.99. The van der Waals surface area contributed by atoms with E-state index in [1.54, 1.807) is 0 Å². The highest BCUT2D eigenvalue weighted by Crippen LogP contribution is 2.34. The summed E-state index contributed by atoms with van der Waals surface area (Å²) in [5, 5.41) is 20.2. The van der Waals surface area contributed by atoms with Crippen LogP contribution in [0.15, 0.2) is 6.20 Å². The largest absolute Gasteiger partial charge is 0.391 e. The lowest BCUT2D eigenvalue weighted by Gasteiger charge is -2.09. The first-order valence-corrected chi connectivity index (χ1v) is 5.49. The van der Waals surface area contributed by atoms with Crippen LogP contribution in [0.5, 0.6) is 0 Å². The van der Waals surface area contributed by atoms with E-state index in [9.17, 15) is 15.2 Å². The summed E-state index contributed by atoms with van der Waals surface area (Å²) >= 11 is 5.72. The van der Waals surface area contributed by atoms with Gasteiger partial charge >= 0.3 is 11.1 Å². The zero-order valence-corrected chi connectivity index (χ0v) is 9.30. The highest BCUT2D eigenvalue weighted by Gasteiger charge is 2.26. The molecule has 0 saturated heterocycles. The van der Waals surface area contributed by atoms with Gasteiger partial charge in [-0.25, -0.2) is 0 Å². The molecule has 0 radical (unpaired) electrons. The van der Waals surface area contributed by atoms with Gasteiger partial charge in [-0.2, -0.15) is 0 Å². The van der Waals surface area contributed by atoms with Crippen molar-refractivity contribution in [3.63, 3.8) is 0 Å². The second kappa shape index (κ2) is 4.39. The number of nitrogens with zero attached hydrogens (tertiary/aromatic N) is 3. The fraction of sp³-hybridized carbons (Fsp3) is 0.667. The molecule has 1 aromatic rings. The first-order valence-electron chi connectivity index (χ1n) is 5.11. The Morgan fingerprint density at radius 2 is 2.44 bits per heavy atom. The number of aliphatic hydroxyl groups excluding tert-OH is 1. The molecular weight excluding hydrogens is 234 g/mol. The lowest BCUT2D eigenvalue weighted by atomic mass is 10.2. The van der Waals surface area contributed by atoms with Crippen molar-refractivity contribution in [2.75, 3.05) is 0 Å². The quantitative estimate of drug-likeness (QED) is 0.631. The molecule has 0 aromatic carbocycles. The van der Waals surface area contributed by atoms with Crippen LogP contribution in [0.25, 0.3) is 0 Å². The van der Waals surface area contributed by atoms with E-state index in [0.717, 1.165) is 19.3 Å². The van der Waals surface area contributed by atoms with Crippen molar-refractivity contribution in [3.8, 4) is 0 Å². The molecule has 88 valence electrons. The molecule has 16 heavy (non-hydrogen) atoms. The molecule has 2 rings (SSSR count). The van der Waals surface area contributed by atoms with E-state index in [0.29, 0.717) is 5.92 Å². The van der Waals surface area contributed by atoms with Gasteiger partial charge in [-0.1, -0.05) is 12.8 Å². The zero-order chi connectivity index (χ0) is 11.7. The second-order valence-corrected chi connectivity index (χ2v) is 4.45. The van der Waals surface area contributed by atoms with Crippen molar-refractivity contribution < 1.29 is 10.0 Å². The Morgan fingerprint density at radius 3 is 2.94 bits per heavy atom. The predicted molar refractivity (Wildman–Crippen MR) is 57.2 cm³/mol. The van der Waals surface area contributed by atoms with Gasteiger partial charge in [0.1, 0.15) is 6.20 Å². The molecule has 0 bridgehead atoms. The normalized spacial score (nSPS) is 17.4. The zero-order valence-electron chi connectivity index (χ0n) is 8.54. The summed E-state index contributed by atoms with van der Waals surface area (Å²) < 4.78 is 1.41. The molecule has 1 N–H and O–H groups in total. The number of aliphatic hydroxyl groups is 1. The number of hydrogen-bond donors (Lipinski definition) is 1. The van der Waals surface area contributed by atoms with E-state index >= 15 is 0 Å². The van der Waals surface area contributed by atoms with Gasteiger partial charge in [-0.3, -0.25) is 4.57 Å². The predicted octanol–water partition coefficient (Wildman–Crippen LogP) is 1.61. The first kappa shape index (κ1) is 11.3. The lowest BCUT2D eigenvalue weighted by Crippen LogP contribution is -2.16. The van der Waals surface area contributed by atoms with Crippen LogP contribution in [-0.2, 0) is 6.54 Å². The number of imidazole rings is 1. The molecule has 1 aromatic heterocycles. The summed E-state index contributed by atoms with van der Waals surface area (Å²) in [5.74, 6) is 0.316. The Bertz CT molecular complexity index is 403. The monoisotopic (exact) mass is 245 g/mol. The average Bonchev–Trinajstić information content (AvgIpc) is 2.91. The SMILES string of the molecule is O=[N+]([O-])c1cn(C[C@@H](O)CC2CC2)c(Cl)n1. The van der Waals surface area contributed by atoms with Crippen LogP contribution >= 0.6 is 11.6 Å². The minimum absolute atomic E-state index is 0.0431. The van der Waals surface area contributed by atoms with Gasteiger partial charge < -0.3 is 15.2 Å². The van der Waals surface area contributed by atoms with Gasteiger partial charge in [0.05, 0.1) is 12.6 Å². The molecule has 1 fully saturated rings. The van der Waals surface area contributed by atoms with Gasteiger partial charge in [-0.15, -0.1) is 0 Å². The minimum atomic E-state index is -0.602. The standard InChI is InChI=1S/C9H12ClN3O3/c10-9-11-8(13(15)16)5-12(9)4-7(14)3-6-1-2-6/h5-7,14H,1-4H2/t7-/m0/s1. The van der Waals surface area contributed by atoms with Crippen LogP contribution in [0.2, 0.25) is 5.28 Å². The summed E-state index contributed by atoms with van der Waals surface area (Å²) in [4.78, 5) is 13.4. The fourth-order valence-electron chi connectivity index (χ4n) is 1.64. The number of nitro groups is 1. The smallest absolute Gasteiger partial charge is 0.383 e. The molecule has 0 unspecified atom stereocenters. The number of rotatable bonds is 5. The summed E-state index contributed by atoms with van der Waals surface area (Å²) in [7, 11) is 0. The first-order chi connectivity index (χ1) is 7.56. The summed E-state index contributed by atoms with van der Waals surface area (Å²) in [5.41, 5.74) is 0. The molecule has 1 saturated carbocycles. The van der Waals surface area contributed by atoms with Crippen molar-refractivity contribution in [3.05, 3.63) is 21.6 Å². The van der Waals surface area contributed by atoms with Crippen molar-refractivity contribution in [1.82, 2.24) is 9.55 Å². The molecule has 1 aliphatic rings. The van der Waals surface area contributed by atoms with E-state index in [1.165, 1.54) is 10.8 Å². The van der Waals surface area contributed by atoms with Crippen LogP contribution in [-0.4, -0.2) is 25.7 Å². The Hall–Kier alpha value is -1.14. The van der Waals surface area contributed by atoms with E-state index in [4.69, 9.17) is 11.6 Å². The van der Waals surface area contributed by atoms with Crippen molar-refractivity contribution in [2.45, 2.75) is 31.9 Å². The number of aromatic nitrogens is 2. The van der Waals surface area contributed by atoms with Crippen LogP contribution in [0, 0.1) is 16.0 Å². The van der Waals surface area contributed by atoms with E-state index in [1.807, 2.05) is 0 Å². The summed E-state index contributed by atoms with van der Waals surface area (Å²) in [6, 6.07) is 0. The molecule has 7 heteroatoms. The van der Waals surface area contributed by atoms with Gasteiger partial charge in [0.25, 0.3) is 0 Å². The average molecular weight is 246 g/mol. The van der Waals surface area contributed by atoms with Crippen LogP contribution in [0.3, 0.4) is 0 Å². The summed E-state index contributed by atoms with van der Waals surface area (Å²) in [6.45, 7) is 0.260. The van der Waals surface area contributed by atoms with Gasteiger partial charge in [0.15, 0.2) is 0 Å². The van der Waals surface area contributed by atoms with Gasteiger partial charge in [0.2, 0.25) is 0 Å². The maximum absolute atomic E-state index is 10.4. The van der Waals surface area contributed by atoms with Crippen LogP contribution < -0.4 is 0 Å². The molecule has 0 aliphatic heterocycles. The van der Waals surface area contributed by atoms with Crippen molar-refractivity contribution >= 4 is 17.4 Å². The van der Waals surface area contributed by atoms with Crippen LogP contribution in [0.1, 0.15) is 19.3 Å². The van der Waals surface area contributed by atoms with Gasteiger partial charge in [-0.05, 0) is 33.8 Å². The molecular formula is C9H12ClN3O3. The summed E-state index contributed by atoms with van der Waals surface area (Å²) in [6.07, 6.45) is 3.78. The molecule has 6 nitrogen and oxygen atoms in total. The van der Waals surface area contributed by atoms with Crippen LogP contribution in [0.4, 0.5) is 5.82 Å². The molecule has 1 atom stereocenters. The highest BCUT2D eigenvalue weighted by atomic mass is 35.5. The highest BCUT2D eigenvalue weighted by molar-refractivity contribution is 6.28. The number of halogens is 1. The second-order valence-electron chi connectivity index (χ2n) is 4.11. The topological polar surface area (TPSA) is 81.2 Å². The van der Waals surface area contributed by atoms with E-state index < -0.39 is 11.0 Å². The third kappa shape index (κ3) is 2.70. The maximum Gasteiger partial charge on any atom is 0.383 e. The lowest BCUT2D eigenvalue weighted by molar-refractivity contribution is -0.389. The molecule has 1 heterocycles. The third-order valence-corrected chi connectivity index (χ3v) is 2.91. The Morgan fingerprint density at radius 1 is 1.75 bits per heavy atom.